The van der Waals surface area contributed by atoms with Gasteiger partial charge in [-0.2, -0.15) is 0 Å². The Bertz CT molecular complexity index is 556. The van der Waals surface area contributed by atoms with Crippen LogP contribution in [0, 0.1) is 0 Å². The first-order valence-corrected chi connectivity index (χ1v) is 13.7. The number of benzene rings is 2. The molecule has 1 aliphatic heterocycles. The molecule has 0 N–H and O–H groups in total. The summed E-state index contributed by atoms with van der Waals surface area (Å²) in [7, 11) is -2.70. The Kier molecular flexibility index (Phi) is 2.44. The summed E-state index contributed by atoms with van der Waals surface area (Å²) in [6, 6.07) is 18.2. The van der Waals surface area contributed by atoms with E-state index in [9.17, 15) is 0 Å². The van der Waals surface area contributed by atoms with Crippen LogP contribution in [0.3, 0.4) is 0 Å². The number of rotatable bonds is 0. The van der Waals surface area contributed by atoms with Crippen molar-refractivity contribution in [2.75, 3.05) is 0 Å². The maximum Gasteiger partial charge on any atom is 0.0799 e. The maximum absolute atomic E-state index is 2.56. The van der Waals surface area contributed by atoms with Crippen LogP contribution in [0.2, 0.25) is 26.2 Å². The Hall–Kier alpha value is -1.13. The van der Waals surface area contributed by atoms with E-state index in [1.54, 1.807) is 10.4 Å². The third kappa shape index (κ3) is 1.36. The third-order valence-electron chi connectivity index (χ3n) is 5.05. The van der Waals surface area contributed by atoms with E-state index < -0.39 is 15.2 Å². The van der Waals surface area contributed by atoms with Gasteiger partial charge >= 0.3 is 0 Å². The first-order valence-electron chi connectivity index (χ1n) is 6.65. The van der Waals surface area contributed by atoms with Gasteiger partial charge < -0.3 is 0 Å². The van der Waals surface area contributed by atoms with E-state index in [-0.39, 0.29) is 0 Å². The molecule has 0 unspecified atom stereocenters. The van der Waals surface area contributed by atoms with Crippen LogP contribution < -0.4 is 10.4 Å². The number of hydrogen-bond acceptors (Lipinski definition) is 0. The molecule has 1 heterocycles. The second kappa shape index (κ2) is 3.68. The van der Waals surface area contributed by atoms with Crippen LogP contribution in [0.5, 0.6) is 0 Å². The van der Waals surface area contributed by atoms with E-state index in [0.717, 1.165) is 0 Å². The lowest BCUT2D eigenvalue weighted by molar-refractivity contribution is 1.61. The summed E-state index contributed by atoms with van der Waals surface area (Å²) in [5.74, 6) is 0. The minimum Gasteiger partial charge on any atom is -0.0671 e. The first-order chi connectivity index (χ1) is 8.46. The highest BCUT2D eigenvalue weighted by atomic mass is 29.3. The van der Waals surface area contributed by atoms with Crippen molar-refractivity contribution in [2.24, 2.45) is 0 Å². The number of hydrogen-bond donors (Lipinski definition) is 0. The van der Waals surface area contributed by atoms with Crippen LogP contribution in [-0.2, 0) is 0 Å². The van der Waals surface area contributed by atoms with Crippen LogP contribution in [-0.4, -0.2) is 15.2 Å². The van der Waals surface area contributed by atoms with Crippen molar-refractivity contribution in [1.29, 1.82) is 0 Å². The molecule has 18 heavy (non-hydrogen) atoms. The minimum absolute atomic E-state index is 1.35. The molecule has 0 bridgehead atoms. The van der Waals surface area contributed by atoms with Gasteiger partial charge in [0, 0.05) is 0 Å². The fraction of sp³-hybridized carbons (Fsp3) is 0.250. The van der Waals surface area contributed by atoms with Crippen LogP contribution in [0.15, 0.2) is 48.5 Å². The summed E-state index contributed by atoms with van der Waals surface area (Å²) in [5.41, 5.74) is 2.99. The largest absolute Gasteiger partial charge is 0.0799 e. The summed E-state index contributed by atoms with van der Waals surface area (Å²) >= 11 is 0. The lowest BCUT2D eigenvalue weighted by Crippen LogP contribution is -2.72. The molecule has 0 spiro atoms. The van der Waals surface area contributed by atoms with E-state index in [2.05, 4.69) is 74.7 Å². The molecule has 0 fully saturated rings. The van der Waals surface area contributed by atoms with Crippen molar-refractivity contribution >= 4 is 25.6 Å². The topological polar surface area (TPSA) is 0 Å². The van der Waals surface area contributed by atoms with Crippen molar-refractivity contribution in [2.45, 2.75) is 26.2 Å². The molecular weight excluding hydrogens is 248 g/mol. The van der Waals surface area contributed by atoms with Crippen molar-refractivity contribution in [3.05, 3.63) is 48.5 Å². The Morgan fingerprint density at radius 1 is 0.556 bits per heavy atom. The van der Waals surface area contributed by atoms with Gasteiger partial charge in [0.2, 0.25) is 0 Å². The summed E-state index contributed by atoms with van der Waals surface area (Å²) < 4.78 is 0. The monoisotopic (exact) mass is 268 g/mol. The molecule has 0 aliphatic carbocycles. The van der Waals surface area contributed by atoms with Gasteiger partial charge in [0.25, 0.3) is 0 Å². The van der Waals surface area contributed by atoms with E-state index in [1.807, 2.05) is 0 Å². The van der Waals surface area contributed by atoms with E-state index in [1.165, 1.54) is 11.1 Å². The van der Waals surface area contributed by atoms with E-state index in [4.69, 9.17) is 0 Å². The molecule has 0 nitrogen and oxygen atoms in total. The van der Waals surface area contributed by atoms with E-state index in [0.29, 0.717) is 0 Å². The van der Waals surface area contributed by atoms with Crippen LogP contribution in [0.1, 0.15) is 0 Å². The highest BCUT2D eigenvalue weighted by molar-refractivity contribution is 7.50. The van der Waals surface area contributed by atoms with Gasteiger partial charge in [0.05, 0.1) is 15.2 Å². The smallest absolute Gasteiger partial charge is 0.0671 e. The quantitative estimate of drug-likeness (QED) is 0.643. The Balaban J connectivity index is 2.43. The van der Waals surface area contributed by atoms with Gasteiger partial charge in [-0.05, 0) is 11.1 Å². The van der Waals surface area contributed by atoms with Crippen LogP contribution in [0.25, 0.3) is 11.1 Å². The van der Waals surface area contributed by atoms with E-state index >= 15 is 0 Å². The third-order valence-corrected chi connectivity index (χ3v) is 22.7. The Labute approximate surface area is 111 Å². The predicted octanol–water partition coefficient (Wildman–Crippen LogP) is 3.28. The minimum atomic E-state index is -1.35. The molecular formula is C16H20Si2. The molecule has 3 rings (SSSR count). The van der Waals surface area contributed by atoms with Crippen LogP contribution >= 0.6 is 0 Å². The maximum atomic E-state index is 2.56. The molecule has 92 valence electrons. The number of fused-ring (bicyclic) bond motifs is 3. The zero-order valence-electron chi connectivity index (χ0n) is 11.6. The van der Waals surface area contributed by atoms with Gasteiger partial charge in [-0.3, -0.25) is 0 Å². The summed E-state index contributed by atoms with van der Waals surface area (Å²) in [6.07, 6.45) is 0. The predicted molar refractivity (Wildman–Crippen MR) is 86.1 cm³/mol. The molecule has 0 saturated carbocycles. The van der Waals surface area contributed by atoms with Crippen molar-refractivity contribution in [3.8, 4) is 11.1 Å². The Morgan fingerprint density at radius 3 is 1.28 bits per heavy atom. The van der Waals surface area contributed by atoms with Gasteiger partial charge in [-0.1, -0.05) is 85.1 Å². The highest BCUT2D eigenvalue weighted by Crippen LogP contribution is 2.31. The Morgan fingerprint density at radius 2 is 0.889 bits per heavy atom. The highest BCUT2D eigenvalue weighted by Gasteiger charge is 2.48. The molecule has 2 heteroatoms. The average molecular weight is 269 g/mol. The molecule has 0 radical (unpaired) electrons. The molecule has 1 aliphatic rings. The molecule has 0 amide bonds. The summed E-state index contributed by atoms with van der Waals surface area (Å²) in [5, 5.41) is 3.33. The molecule has 2 aromatic rings. The van der Waals surface area contributed by atoms with Crippen LogP contribution in [0.4, 0.5) is 0 Å². The fourth-order valence-corrected chi connectivity index (χ4v) is 12.7. The fourth-order valence-electron chi connectivity index (χ4n) is 3.20. The molecule has 0 atom stereocenters. The zero-order valence-corrected chi connectivity index (χ0v) is 13.6. The average Bonchev–Trinajstić information content (AvgIpc) is 2.37. The second-order valence-electron chi connectivity index (χ2n) is 6.34. The van der Waals surface area contributed by atoms with Gasteiger partial charge in [-0.15, -0.1) is 0 Å². The zero-order chi connectivity index (χ0) is 13.0. The molecule has 2 aromatic carbocycles. The molecule has 0 saturated heterocycles. The summed E-state index contributed by atoms with van der Waals surface area (Å²) in [4.78, 5) is 0. The summed E-state index contributed by atoms with van der Waals surface area (Å²) in [6.45, 7) is 10.3. The standard InChI is InChI=1S/C16H20Si2/c1-17(2)15-11-7-5-9-13(15)14-10-6-8-12-16(14)18(17,3)4/h5-12H,1-4H3. The van der Waals surface area contributed by atoms with Crippen molar-refractivity contribution in [1.82, 2.24) is 0 Å². The molecule has 0 aromatic heterocycles. The second-order valence-corrected chi connectivity index (χ2v) is 21.4. The van der Waals surface area contributed by atoms with Crippen molar-refractivity contribution in [3.63, 3.8) is 0 Å². The van der Waals surface area contributed by atoms with Gasteiger partial charge in [0.1, 0.15) is 0 Å². The van der Waals surface area contributed by atoms with Crippen molar-refractivity contribution < 1.29 is 0 Å². The normalized spacial score (nSPS) is 18.9. The van der Waals surface area contributed by atoms with Gasteiger partial charge in [-0.25, -0.2) is 0 Å². The lowest BCUT2D eigenvalue weighted by atomic mass is 10.1. The lowest BCUT2D eigenvalue weighted by Gasteiger charge is -2.45. The van der Waals surface area contributed by atoms with Gasteiger partial charge in [0.15, 0.2) is 0 Å². The SMILES string of the molecule is C[Si]1(C)c2ccccc2-c2ccccc2[Si]1(C)C. The first kappa shape index (κ1) is 11.9.